The van der Waals surface area contributed by atoms with Crippen molar-refractivity contribution in [1.82, 2.24) is 9.46 Å². The van der Waals surface area contributed by atoms with Crippen molar-refractivity contribution in [2.75, 3.05) is 12.4 Å². The van der Waals surface area contributed by atoms with E-state index in [1.54, 1.807) is 13.1 Å². The fourth-order valence-corrected chi connectivity index (χ4v) is 4.88. The van der Waals surface area contributed by atoms with Gasteiger partial charge in [0.25, 0.3) is 5.91 Å². The molecule has 1 aliphatic rings. The Morgan fingerprint density at radius 1 is 1.14 bits per heavy atom. The third-order valence-electron chi connectivity index (χ3n) is 5.37. The average Bonchev–Trinajstić information content (AvgIpc) is 3.17. The highest BCUT2D eigenvalue weighted by Crippen LogP contribution is 2.27. The zero-order valence-electron chi connectivity index (χ0n) is 17.4. The van der Waals surface area contributed by atoms with E-state index in [0.717, 1.165) is 32.1 Å². The van der Waals surface area contributed by atoms with Crippen LogP contribution in [0.5, 0.6) is 0 Å². The Hall–Kier alpha value is -2.19. The number of sulfonamides is 1. The molecule has 0 spiro atoms. The Kier molecular flexibility index (Phi) is 6.14. The van der Waals surface area contributed by atoms with E-state index in [-0.39, 0.29) is 22.3 Å². The van der Waals surface area contributed by atoms with Crippen LogP contribution in [0.4, 0.5) is 5.82 Å². The van der Waals surface area contributed by atoms with E-state index in [1.165, 1.54) is 28.6 Å². The number of hydrogen-bond acceptors (Lipinski definition) is 5. The molecule has 8 heteroatoms. The van der Waals surface area contributed by atoms with Gasteiger partial charge in [-0.25, -0.2) is 8.42 Å². The molecule has 29 heavy (non-hydrogen) atoms. The lowest BCUT2D eigenvalue weighted by Gasteiger charge is -2.30. The van der Waals surface area contributed by atoms with E-state index in [2.05, 4.69) is 10.5 Å². The highest BCUT2D eigenvalue weighted by molar-refractivity contribution is 7.89. The first-order valence-corrected chi connectivity index (χ1v) is 11.4. The van der Waals surface area contributed by atoms with Crippen LogP contribution in [0, 0.1) is 0 Å². The van der Waals surface area contributed by atoms with Crippen LogP contribution in [-0.2, 0) is 15.4 Å². The van der Waals surface area contributed by atoms with Crippen LogP contribution >= 0.6 is 0 Å². The summed E-state index contributed by atoms with van der Waals surface area (Å²) >= 11 is 0. The first-order valence-electron chi connectivity index (χ1n) is 9.96. The number of anilines is 1. The minimum Gasteiger partial charge on any atom is -0.359 e. The predicted molar refractivity (Wildman–Crippen MR) is 111 cm³/mol. The van der Waals surface area contributed by atoms with Crippen LogP contribution in [-0.4, -0.2) is 36.9 Å². The molecule has 0 atom stereocenters. The molecular weight excluding hydrogens is 390 g/mol. The summed E-state index contributed by atoms with van der Waals surface area (Å²) in [6.07, 6.45) is 5.07. The lowest BCUT2D eigenvalue weighted by molar-refractivity contribution is 0.102. The van der Waals surface area contributed by atoms with Gasteiger partial charge in [0.1, 0.15) is 5.76 Å². The quantitative estimate of drug-likeness (QED) is 0.785. The van der Waals surface area contributed by atoms with Crippen LogP contribution in [0.25, 0.3) is 0 Å². The summed E-state index contributed by atoms with van der Waals surface area (Å²) in [4.78, 5) is 12.7. The molecule has 0 aliphatic heterocycles. The van der Waals surface area contributed by atoms with Gasteiger partial charge in [0.15, 0.2) is 5.82 Å². The largest absolute Gasteiger partial charge is 0.359 e. The topological polar surface area (TPSA) is 92.5 Å². The molecule has 1 saturated carbocycles. The minimum absolute atomic E-state index is 0.0425. The van der Waals surface area contributed by atoms with Crippen molar-refractivity contribution in [1.29, 1.82) is 0 Å². The number of aromatic nitrogens is 1. The number of nitrogens with one attached hydrogen (secondary N) is 1. The van der Waals surface area contributed by atoms with Crippen molar-refractivity contribution in [2.24, 2.45) is 0 Å². The van der Waals surface area contributed by atoms with Gasteiger partial charge in [-0.1, -0.05) is 45.2 Å². The number of nitrogens with zero attached hydrogens (tertiary/aromatic N) is 2. The van der Waals surface area contributed by atoms with Gasteiger partial charge in [0, 0.05) is 30.1 Å². The maximum Gasteiger partial charge on any atom is 0.256 e. The maximum atomic E-state index is 12.9. The van der Waals surface area contributed by atoms with Crippen LogP contribution < -0.4 is 5.32 Å². The molecule has 1 N–H and O–H groups in total. The lowest BCUT2D eigenvalue weighted by atomic mass is 9.93. The molecule has 0 saturated heterocycles. The van der Waals surface area contributed by atoms with E-state index < -0.39 is 10.0 Å². The van der Waals surface area contributed by atoms with Gasteiger partial charge in [-0.15, -0.1) is 0 Å². The molecule has 1 amide bonds. The Balaban J connectivity index is 1.70. The van der Waals surface area contributed by atoms with E-state index >= 15 is 0 Å². The lowest BCUT2D eigenvalue weighted by Crippen LogP contribution is -2.38. The number of rotatable bonds is 5. The van der Waals surface area contributed by atoms with Crippen LogP contribution in [0.3, 0.4) is 0 Å². The first kappa shape index (κ1) is 21.5. The third-order valence-corrected chi connectivity index (χ3v) is 7.30. The highest BCUT2D eigenvalue weighted by Gasteiger charge is 2.29. The molecule has 3 rings (SSSR count). The molecule has 1 aliphatic carbocycles. The van der Waals surface area contributed by atoms with Gasteiger partial charge in [0.05, 0.1) is 4.90 Å². The molecule has 1 aromatic carbocycles. The summed E-state index contributed by atoms with van der Waals surface area (Å²) in [6.45, 7) is 5.97. The molecule has 0 radical (unpaired) electrons. The van der Waals surface area contributed by atoms with Crippen LogP contribution in [0.1, 0.15) is 69.0 Å². The van der Waals surface area contributed by atoms with Crippen molar-refractivity contribution >= 4 is 21.7 Å². The first-order chi connectivity index (χ1) is 13.6. The average molecular weight is 420 g/mol. The smallest absolute Gasteiger partial charge is 0.256 e. The monoisotopic (exact) mass is 419 g/mol. The number of hydrogen-bond donors (Lipinski definition) is 1. The van der Waals surface area contributed by atoms with Gasteiger partial charge in [-0.3, -0.25) is 4.79 Å². The Bertz CT molecular complexity index is 953. The SMILES string of the molecule is CN(C1CCCCC1)S(=O)(=O)c1ccc(C(=O)Nc2cc(C(C)(C)C)on2)cc1. The molecular formula is C21H29N3O4S. The fraction of sp³-hybridized carbons (Fsp3) is 0.524. The zero-order chi connectivity index (χ0) is 21.2. The molecule has 2 aromatic rings. The minimum atomic E-state index is -3.58. The molecule has 1 aromatic heterocycles. The summed E-state index contributed by atoms with van der Waals surface area (Å²) in [5, 5.41) is 6.55. The molecule has 7 nitrogen and oxygen atoms in total. The van der Waals surface area contributed by atoms with Crippen molar-refractivity contribution in [2.45, 2.75) is 69.2 Å². The maximum absolute atomic E-state index is 12.9. The third kappa shape index (κ3) is 4.87. The summed E-state index contributed by atoms with van der Waals surface area (Å²) in [5.41, 5.74) is 0.140. The van der Waals surface area contributed by atoms with Gasteiger partial charge in [0.2, 0.25) is 10.0 Å². The van der Waals surface area contributed by atoms with E-state index in [1.807, 2.05) is 20.8 Å². The standard InChI is InChI=1S/C21H29N3O4S/c1-21(2,3)18-14-19(23-28-18)22-20(25)15-10-12-17(13-11-15)29(26,27)24(4)16-8-6-5-7-9-16/h10-14,16H,5-9H2,1-4H3,(H,22,23,25). The molecule has 1 fully saturated rings. The van der Waals surface area contributed by atoms with E-state index in [0.29, 0.717) is 17.1 Å². The Morgan fingerprint density at radius 2 is 1.76 bits per heavy atom. The number of carbonyl (C=O) groups is 1. The zero-order valence-corrected chi connectivity index (χ0v) is 18.3. The normalized spacial score (nSPS) is 16.2. The molecule has 0 unspecified atom stereocenters. The van der Waals surface area contributed by atoms with E-state index in [4.69, 9.17) is 4.52 Å². The van der Waals surface area contributed by atoms with Gasteiger partial charge < -0.3 is 9.84 Å². The van der Waals surface area contributed by atoms with Gasteiger partial charge in [-0.05, 0) is 37.1 Å². The second-order valence-corrected chi connectivity index (χ2v) is 10.6. The summed E-state index contributed by atoms with van der Waals surface area (Å²) in [7, 11) is -1.94. The molecule has 1 heterocycles. The summed E-state index contributed by atoms with van der Waals surface area (Å²) in [6, 6.07) is 7.72. The number of carbonyl (C=O) groups excluding carboxylic acids is 1. The highest BCUT2D eigenvalue weighted by atomic mass is 32.2. The summed E-state index contributed by atoms with van der Waals surface area (Å²) < 4.78 is 32.5. The Labute approximate surface area is 172 Å². The second-order valence-electron chi connectivity index (χ2n) is 8.62. The predicted octanol–water partition coefficient (Wildman–Crippen LogP) is 4.18. The van der Waals surface area contributed by atoms with Crippen molar-refractivity contribution in [3.05, 3.63) is 41.7 Å². The van der Waals surface area contributed by atoms with Crippen molar-refractivity contribution in [3.63, 3.8) is 0 Å². The fourth-order valence-electron chi connectivity index (χ4n) is 3.46. The number of amides is 1. The van der Waals surface area contributed by atoms with Crippen LogP contribution in [0.2, 0.25) is 0 Å². The van der Waals surface area contributed by atoms with Gasteiger partial charge in [-0.2, -0.15) is 4.31 Å². The van der Waals surface area contributed by atoms with Crippen molar-refractivity contribution in [3.8, 4) is 0 Å². The number of benzene rings is 1. The van der Waals surface area contributed by atoms with Gasteiger partial charge >= 0.3 is 0 Å². The molecule has 158 valence electrons. The van der Waals surface area contributed by atoms with Crippen LogP contribution in [0.15, 0.2) is 39.8 Å². The second kappa shape index (κ2) is 8.28. The van der Waals surface area contributed by atoms with E-state index in [9.17, 15) is 13.2 Å². The molecule has 0 bridgehead atoms. The Morgan fingerprint density at radius 3 is 2.31 bits per heavy atom. The summed E-state index contributed by atoms with van der Waals surface area (Å²) in [5.74, 6) is 0.622. The van der Waals surface area contributed by atoms with Crippen molar-refractivity contribution < 1.29 is 17.7 Å².